The van der Waals surface area contributed by atoms with Gasteiger partial charge >= 0.3 is 5.97 Å². The summed E-state index contributed by atoms with van der Waals surface area (Å²) in [7, 11) is 0. The van der Waals surface area contributed by atoms with Crippen LogP contribution in [0, 0.1) is 0 Å². The van der Waals surface area contributed by atoms with Gasteiger partial charge in [0, 0.05) is 34.4 Å². The smallest absolute Gasteiger partial charge is 0.330 e. The van der Waals surface area contributed by atoms with E-state index in [0.29, 0.717) is 6.61 Å². The summed E-state index contributed by atoms with van der Waals surface area (Å²) in [6.45, 7) is 18.6. The van der Waals surface area contributed by atoms with Gasteiger partial charge in [0.05, 0.1) is 6.61 Å². The van der Waals surface area contributed by atoms with Gasteiger partial charge in [-0.2, -0.15) is 0 Å². The molecule has 0 unspecified atom stereocenters. The molecule has 3 aromatic rings. The summed E-state index contributed by atoms with van der Waals surface area (Å²) < 4.78 is 7.56. The molecule has 172 valence electrons. The van der Waals surface area contributed by atoms with E-state index in [1.807, 2.05) is 0 Å². The van der Waals surface area contributed by atoms with Crippen molar-refractivity contribution in [2.45, 2.75) is 84.6 Å². The number of fused-ring (bicyclic) bond motifs is 3. The zero-order valence-corrected chi connectivity index (χ0v) is 20.8. The minimum Gasteiger partial charge on any atom is -0.463 e. The van der Waals surface area contributed by atoms with Crippen LogP contribution in [0.15, 0.2) is 49.1 Å². The maximum Gasteiger partial charge on any atom is 0.330 e. The molecule has 0 spiro atoms. The number of nitrogens with zero attached hydrogens (tertiary/aromatic N) is 1. The Kier molecular flexibility index (Phi) is 7.17. The molecular weight excluding hydrogens is 394 g/mol. The van der Waals surface area contributed by atoms with E-state index in [9.17, 15) is 4.79 Å². The molecule has 2 aromatic carbocycles. The highest BCUT2D eigenvalue weighted by Crippen LogP contribution is 2.36. The van der Waals surface area contributed by atoms with E-state index in [1.54, 1.807) is 0 Å². The van der Waals surface area contributed by atoms with Gasteiger partial charge in [0.2, 0.25) is 0 Å². The molecule has 0 aliphatic carbocycles. The summed E-state index contributed by atoms with van der Waals surface area (Å²) in [5.74, 6) is -0.334. The number of aryl methyl sites for hydroxylation is 1. The minimum absolute atomic E-state index is 0.124. The number of carbonyl (C=O) groups excluding carboxylic acids is 1. The fourth-order valence-corrected chi connectivity index (χ4v) is 4.24. The van der Waals surface area contributed by atoms with Crippen LogP contribution in [-0.4, -0.2) is 17.1 Å². The van der Waals surface area contributed by atoms with Crippen LogP contribution in [0.2, 0.25) is 0 Å². The molecule has 0 N–H and O–H groups in total. The Labute approximate surface area is 193 Å². The van der Waals surface area contributed by atoms with Crippen LogP contribution in [-0.2, 0) is 26.9 Å². The van der Waals surface area contributed by atoms with Gasteiger partial charge in [-0.25, -0.2) is 4.79 Å². The fourth-order valence-electron chi connectivity index (χ4n) is 4.24. The quantitative estimate of drug-likeness (QED) is 0.207. The van der Waals surface area contributed by atoms with Crippen LogP contribution in [0.5, 0.6) is 0 Å². The van der Waals surface area contributed by atoms with Crippen molar-refractivity contribution in [1.29, 1.82) is 0 Å². The Morgan fingerprint density at radius 3 is 1.81 bits per heavy atom. The Hall–Kier alpha value is -2.55. The predicted molar refractivity (Wildman–Crippen MR) is 136 cm³/mol. The zero-order valence-electron chi connectivity index (χ0n) is 20.8. The second-order valence-electron chi connectivity index (χ2n) is 10.9. The average Bonchev–Trinajstić information content (AvgIpc) is 3.04. The second kappa shape index (κ2) is 9.52. The number of benzene rings is 2. The van der Waals surface area contributed by atoms with E-state index in [1.165, 1.54) is 39.0 Å². The number of carbonyl (C=O) groups is 1. The number of hydrogen-bond acceptors (Lipinski definition) is 2. The molecule has 1 aromatic heterocycles. The highest BCUT2D eigenvalue weighted by atomic mass is 16.5. The Balaban J connectivity index is 1.86. The summed E-state index contributed by atoms with van der Waals surface area (Å²) in [5.41, 5.74) is 5.63. The third-order valence-electron chi connectivity index (χ3n) is 6.28. The van der Waals surface area contributed by atoms with E-state index in [4.69, 9.17) is 4.74 Å². The van der Waals surface area contributed by atoms with Crippen LogP contribution < -0.4 is 0 Å². The first kappa shape index (κ1) is 24.1. The topological polar surface area (TPSA) is 31.2 Å². The molecule has 3 heteroatoms. The first-order valence-electron chi connectivity index (χ1n) is 11.9. The SMILES string of the molecule is C=CC(=O)OCCCCCCn1c2ccc(C(C)(C)C)cc2c2cc(C(C)(C)C)ccc21. The lowest BCUT2D eigenvalue weighted by Gasteiger charge is -2.19. The molecular formula is C29H39NO2. The number of ether oxygens (including phenoxy) is 1. The first-order valence-corrected chi connectivity index (χ1v) is 11.9. The third-order valence-corrected chi connectivity index (χ3v) is 6.28. The molecule has 0 aliphatic rings. The molecule has 0 fully saturated rings. The second-order valence-corrected chi connectivity index (χ2v) is 10.9. The van der Waals surface area contributed by atoms with Gasteiger partial charge in [-0.3, -0.25) is 0 Å². The lowest BCUT2D eigenvalue weighted by atomic mass is 9.85. The van der Waals surface area contributed by atoms with Gasteiger partial charge in [-0.05, 0) is 65.5 Å². The van der Waals surface area contributed by atoms with Gasteiger partial charge in [0.25, 0.3) is 0 Å². The standard InChI is InChI=1S/C29H39NO2/c1-8-27(31)32-18-12-10-9-11-17-30-25-15-13-21(28(2,3)4)19-23(25)24-20-22(29(5,6)7)14-16-26(24)30/h8,13-16,19-20H,1,9-12,17-18H2,2-7H3. The fraction of sp³-hybridized carbons (Fsp3) is 0.483. The van der Waals surface area contributed by atoms with Crippen molar-refractivity contribution in [1.82, 2.24) is 4.57 Å². The normalized spacial score (nSPS) is 12.4. The molecule has 3 nitrogen and oxygen atoms in total. The highest BCUT2D eigenvalue weighted by Gasteiger charge is 2.19. The summed E-state index contributed by atoms with van der Waals surface area (Å²) in [6.07, 6.45) is 5.40. The number of hydrogen-bond donors (Lipinski definition) is 0. The summed E-state index contributed by atoms with van der Waals surface area (Å²) in [6, 6.07) is 14.0. The van der Waals surface area contributed by atoms with Crippen molar-refractivity contribution < 1.29 is 9.53 Å². The van der Waals surface area contributed by atoms with Crippen molar-refractivity contribution >= 4 is 27.8 Å². The molecule has 3 rings (SSSR count). The number of unbranched alkanes of at least 4 members (excludes halogenated alkanes) is 3. The highest BCUT2D eigenvalue weighted by molar-refractivity contribution is 6.08. The molecule has 0 amide bonds. The van der Waals surface area contributed by atoms with Gasteiger partial charge in [-0.1, -0.05) is 66.7 Å². The summed E-state index contributed by atoms with van der Waals surface area (Å²) in [4.78, 5) is 11.1. The lowest BCUT2D eigenvalue weighted by Crippen LogP contribution is -2.10. The predicted octanol–water partition coefficient (Wildman–Crippen LogP) is 7.68. The van der Waals surface area contributed by atoms with Crippen molar-refractivity contribution in [3.63, 3.8) is 0 Å². The maximum absolute atomic E-state index is 11.1. The molecule has 0 atom stereocenters. The molecule has 1 heterocycles. The van der Waals surface area contributed by atoms with Crippen molar-refractivity contribution in [2.75, 3.05) is 6.61 Å². The zero-order chi connectivity index (χ0) is 23.5. The van der Waals surface area contributed by atoms with E-state index < -0.39 is 0 Å². The lowest BCUT2D eigenvalue weighted by molar-refractivity contribution is -0.137. The van der Waals surface area contributed by atoms with Crippen LogP contribution >= 0.6 is 0 Å². The summed E-state index contributed by atoms with van der Waals surface area (Å²) >= 11 is 0. The number of esters is 1. The maximum atomic E-state index is 11.1. The first-order chi connectivity index (χ1) is 15.0. The van der Waals surface area contributed by atoms with E-state index >= 15 is 0 Å². The number of rotatable bonds is 8. The Morgan fingerprint density at radius 1 is 0.844 bits per heavy atom. The molecule has 0 bridgehead atoms. The van der Waals surface area contributed by atoms with Gasteiger partial charge < -0.3 is 9.30 Å². The molecule has 32 heavy (non-hydrogen) atoms. The average molecular weight is 434 g/mol. The molecule has 0 aliphatic heterocycles. The van der Waals surface area contributed by atoms with Crippen LogP contribution in [0.1, 0.15) is 78.4 Å². The largest absolute Gasteiger partial charge is 0.463 e. The van der Waals surface area contributed by atoms with E-state index in [0.717, 1.165) is 32.2 Å². The summed E-state index contributed by atoms with van der Waals surface area (Å²) in [5, 5.41) is 2.71. The van der Waals surface area contributed by atoms with Crippen LogP contribution in [0.25, 0.3) is 21.8 Å². The van der Waals surface area contributed by atoms with Gasteiger partial charge in [0.15, 0.2) is 0 Å². The van der Waals surface area contributed by atoms with Crippen LogP contribution in [0.4, 0.5) is 0 Å². The third kappa shape index (κ3) is 5.43. The van der Waals surface area contributed by atoms with Crippen molar-refractivity contribution in [3.05, 3.63) is 60.2 Å². The monoisotopic (exact) mass is 433 g/mol. The van der Waals surface area contributed by atoms with Gasteiger partial charge in [0.1, 0.15) is 0 Å². The van der Waals surface area contributed by atoms with Crippen molar-refractivity contribution in [2.24, 2.45) is 0 Å². The van der Waals surface area contributed by atoms with E-state index in [-0.39, 0.29) is 16.8 Å². The minimum atomic E-state index is -0.334. The molecule has 0 saturated carbocycles. The van der Waals surface area contributed by atoms with Crippen molar-refractivity contribution in [3.8, 4) is 0 Å². The molecule has 0 saturated heterocycles. The van der Waals surface area contributed by atoms with E-state index in [2.05, 4.69) is 89.1 Å². The Bertz CT molecular complexity index is 1030. The Morgan fingerprint density at radius 2 is 1.34 bits per heavy atom. The van der Waals surface area contributed by atoms with Gasteiger partial charge in [-0.15, -0.1) is 0 Å². The van der Waals surface area contributed by atoms with Crippen LogP contribution in [0.3, 0.4) is 0 Å². The number of aromatic nitrogens is 1. The molecule has 0 radical (unpaired) electrons.